The molecular formula is C26H36ClFN4O2. The van der Waals surface area contributed by atoms with Gasteiger partial charge in [0.25, 0.3) is 0 Å². The molecule has 2 aliphatic rings. The van der Waals surface area contributed by atoms with Crippen molar-refractivity contribution >= 4 is 23.1 Å². The fourth-order valence-electron chi connectivity index (χ4n) is 4.79. The van der Waals surface area contributed by atoms with Crippen LogP contribution in [0.3, 0.4) is 0 Å². The maximum Gasteiger partial charge on any atom is 0.131 e. The minimum atomic E-state index is -0.293. The monoisotopic (exact) mass is 490 g/mol. The number of nitrogens with one attached hydrogen (secondary N) is 3. The van der Waals surface area contributed by atoms with Crippen molar-refractivity contribution in [2.75, 3.05) is 50.7 Å². The van der Waals surface area contributed by atoms with E-state index in [1.54, 1.807) is 19.4 Å². The van der Waals surface area contributed by atoms with E-state index in [-0.39, 0.29) is 5.82 Å². The first-order valence-electron chi connectivity index (χ1n) is 12.4. The molecule has 0 bridgehead atoms. The summed E-state index contributed by atoms with van der Waals surface area (Å²) in [5.74, 6) is 1.02. The van der Waals surface area contributed by atoms with Gasteiger partial charge in [0.1, 0.15) is 11.6 Å². The molecule has 2 aromatic rings. The normalized spacial score (nSPS) is 21.4. The van der Waals surface area contributed by atoms with Crippen LogP contribution in [0.5, 0.6) is 0 Å². The summed E-state index contributed by atoms with van der Waals surface area (Å²) in [6.45, 7) is 4.10. The second-order valence-electron chi connectivity index (χ2n) is 9.32. The van der Waals surface area contributed by atoms with Crippen molar-refractivity contribution in [1.82, 2.24) is 10.3 Å². The minimum Gasteiger partial charge on any atom is -0.385 e. The Morgan fingerprint density at radius 3 is 2.59 bits per heavy atom. The van der Waals surface area contributed by atoms with Crippen LogP contribution >= 0.6 is 11.6 Å². The maximum absolute atomic E-state index is 14.8. The number of aromatic nitrogens is 1. The number of benzene rings is 1. The number of methoxy groups -OCH3 is 1. The van der Waals surface area contributed by atoms with E-state index in [1.807, 2.05) is 12.1 Å². The summed E-state index contributed by atoms with van der Waals surface area (Å²) in [5.41, 5.74) is 2.03. The first-order chi connectivity index (χ1) is 16.6. The minimum absolute atomic E-state index is 0.293. The summed E-state index contributed by atoms with van der Waals surface area (Å²) in [4.78, 5) is 4.46. The Morgan fingerprint density at radius 2 is 1.82 bits per heavy atom. The molecule has 0 amide bonds. The van der Waals surface area contributed by atoms with Gasteiger partial charge in [0.05, 0.1) is 11.6 Å². The lowest BCUT2D eigenvalue weighted by Crippen LogP contribution is -2.38. The highest BCUT2D eigenvalue weighted by Crippen LogP contribution is 2.34. The molecule has 0 radical (unpaired) electrons. The van der Waals surface area contributed by atoms with Crippen molar-refractivity contribution in [3.63, 3.8) is 0 Å². The Bertz CT molecular complexity index is 918. The fourth-order valence-corrected chi connectivity index (χ4v) is 5.00. The highest BCUT2D eigenvalue weighted by atomic mass is 35.5. The van der Waals surface area contributed by atoms with E-state index < -0.39 is 0 Å². The molecule has 4 rings (SSSR count). The molecule has 34 heavy (non-hydrogen) atoms. The Kier molecular flexibility index (Phi) is 9.39. The Morgan fingerprint density at radius 1 is 1.06 bits per heavy atom. The number of pyridine rings is 1. The van der Waals surface area contributed by atoms with Crippen LogP contribution in [0.15, 0.2) is 30.5 Å². The van der Waals surface area contributed by atoms with Crippen molar-refractivity contribution in [1.29, 1.82) is 0 Å². The molecule has 3 N–H and O–H groups in total. The predicted octanol–water partition coefficient (Wildman–Crippen LogP) is 5.34. The van der Waals surface area contributed by atoms with Gasteiger partial charge in [-0.1, -0.05) is 11.6 Å². The van der Waals surface area contributed by atoms with Crippen molar-refractivity contribution in [3.05, 3.63) is 41.3 Å². The first-order valence-corrected chi connectivity index (χ1v) is 12.8. The van der Waals surface area contributed by atoms with Gasteiger partial charge >= 0.3 is 0 Å². The molecule has 1 aromatic heterocycles. The molecule has 1 aliphatic carbocycles. The van der Waals surface area contributed by atoms with Crippen molar-refractivity contribution in [2.24, 2.45) is 5.92 Å². The smallest absolute Gasteiger partial charge is 0.131 e. The lowest BCUT2D eigenvalue weighted by atomic mass is 9.91. The zero-order valence-corrected chi connectivity index (χ0v) is 20.7. The summed E-state index contributed by atoms with van der Waals surface area (Å²) < 4.78 is 25.4. The van der Waals surface area contributed by atoms with Crippen LogP contribution in [0.2, 0.25) is 5.02 Å². The van der Waals surface area contributed by atoms with Crippen LogP contribution < -0.4 is 16.0 Å². The molecule has 0 atom stereocenters. The summed E-state index contributed by atoms with van der Waals surface area (Å²) in [7, 11) is 1.72. The lowest BCUT2D eigenvalue weighted by molar-refractivity contribution is 0.0699. The van der Waals surface area contributed by atoms with Crippen LogP contribution in [0, 0.1) is 11.7 Å². The van der Waals surface area contributed by atoms with Crippen LogP contribution in [-0.4, -0.2) is 57.1 Å². The standard InChI is InChI=1S/C26H36ClFN4O2/c1-33-13-10-29-19-2-4-20(5-3-19)32-26-15-22(24(27)17-31-26)23-14-21(6-7-25(23)28)30-16-18-8-11-34-12-9-18/h6-7,14-15,17-20,29-30H,2-5,8-13,16H2,1H3,(H,31,32). The highest BCUT2D eigenvalue weighted by molar-refractivity contribution is 6.33. The number of halogens is 2. The number of hydrogen-bond donors (Lipinski definition) is 3. The quantitative estimate of drug-likeness (QED) is 0.391. The van der Waals surface area contributed by atoms with Crippen LogP contribution in [0.4, 0.5) is 15.9 Å². The van der Waals surface area contributed by atoms with E-state index in [2.05, 4.69) is 20.9 Å². The van der Waals surface area contributed by atoms with E-state index in [9.17, 15) is 4.39 Å². The van der Waals surface area contributed by atoms with E-state index in [0.717, 1.165) is 82.9 Å². The molecule has 0 spiro atoms. The molecule has 1 saturated heterocycles. The molecule has 1 saturated carbocycles. The fraction of sp³-hybridized carbons (Fsp3) is 0.577. The van der Waals surface area contributed by atoms with Gasteiger partial charge in [-0.05, 0) is 68.7 Å². The van der Waals surface area contributed by atoms with Crippen molar-refractivity contribution in [3.8, 4) is 11.1 Å². The van der Waals surface area contributed by atoms with Gasteiger partial charge in [0.15, 0.2) is 0 Å². The average molecular weight is 491 g/mol. The first kappa shape index (κ1) is 25.2. The summed E-state index contributed by atoms with van der Waals surface area (Å²) in [5, 5.41) is 11.0. The molecule has 186 valence electrons. The van der Waals surface area contributed by atoms with Crippen LogP contribution in [0.1, 0.15) is 38.5 Å². The van der Waals surface area contributed by atoms with Gasteiger partial charge in [0, 0.05) is 68.5 Å². The Labute approximate surface area is 207 Å². The van der Waals surface area contributed by atoms with Crippen LogP contribution in [0.25, 0.3) is 11.1 Å². The predicted molar refractivity (Wildman–Crippen MR) is 136 cm³/mol. The van der Waals surface area contributed by atoms with E-state index >= 15 is 0 Å². The number of ether oxygens (including phenoxy) is 2. The SMILES string of the molecule is COCCNC1CCC(Nc2cc(-c3cc(NCC4CCOCC4)ccc3F)c(Cl)cn2)CC1. The lowest BCUT2D eigenvalue weighted by Gasteiger charge is -2.30. The highest BCUT2D eigenvalue weighted by Gasteiger charge is 2.21. The number of hydrogen-bond acceptors (Lipinski definition) is 6. The average Bonchev–Trinajstić information content (AvgIpc) is 2.87. The van der Waals surface area contributed by atoms with Gasteiger partial charge < -0.3 is 25.4 Å². The topological polar surface area (TPSA) is 67.4 Å². The molecule has 2 fully saturated rings. The summed E-state index contributed by atoms with van der Waals surface area (Å²) in [6.07, 6.45) is 8.05. The van der Waals surface area contributed by atoms with Gasteiger partial charge in [-0.15, -0.1) is 0 Å². The molecule has 6 nitrogen and oxygen atoms in total. The van der Waals surface area contributed by atoms with Crippen molar-refractivity contribution < 1.29 is 13.9 Å². The van der Waals surface area contributed by atoms with Crippen molar-refractivity contribution in [2.45, 2.75) is 50.6 Å². The second kappa shape index (κ2) is 12.7. The zero-order chi connectivity index (χ0) is 23.8. The molecule has 1 aliphatic heterocycles. The summed E-state index contributed by atoms with van der Waals surface area (Å²) in [6, 6.07) is 7.88. The van der Waals surface area contributed by atoms with E-state index in [0.29, 0.717) is 34.2 Å². The molecule has 1 aromatic carbocycles. The summed E-state index contributed by atoms with van der Waals surface area (Å²) >= 11 is 6.47. The number of anilines is 2. The second-order valence-corrected chi connectivity index (χ2v) is 9.73. The van der Waals surface area contributed by atoms with Crippen LogP contribution in [-0.2, 0) is 9.47 Å². The third-order valence-electron chi connectivity index (χ3n) is 6.87. The van der Waals surface area contributed by atoms with Gasteiger partial charge in [-0.25, -0.2) is 9.37 Å². The Hall–Kier alpha value is -1.93. The van der Waals surface area contributed by atoms with Gasteiger partial charge in [-0.2, -0.15) is 0 Å². The number of nitrogens with zero attached hydrogens (tertiary/aromatic N) is 1. The van der Waals surface area contributed by atoms with E-state index in [4.69, 9.17) is 21.1 Å². The molecular weight excluding hydrogens is 455 g/mol. The molecule has 2 heterocycles. The third kappa shape index (κ3) is 7.04. The number of rotatable bonds is 10. The maximum atomic E-state index is 14.8. The molecule has 0 unspecified atom stereocenters. The zero-order valence-electron chi connectivity index (χ0n) is 19.9. The van der Waals surface area contributed by atoms with E-state index in [1.165, 1.54) is 6.07 Å². The van der Waals surface area contributed by atoms with Gasteiger partial charge in [-0.3, -0.25) is 0 Å². The third-order valence-corrected chi connectivity index (χ3v) is 7.17. The Balaban J connectivity index is 1.39. The van der Waals surface area contributed by atoms with Gasteiger partial charge in [0.2, 0.25) is 0 Å². The molecule has 8 heteroatoms. The largest absolute Gasteiger partial charge is 0.385 e.